The zero-order valence-corrected chi connectivity index (χ0v) is 13.9. The summed E-state index contributed by atoms with van der Waals surface area (Å²) in [6.07, 6.45) is 6.42. The van der Waals surface area contributed by atoms with Crippen molar-refractivity contribution in [1.29, 1.82) is 0 Å². The van der Waals surface area contributed by atoms with Crippen molar-refractivity contribution in [2.75, 3.05) is 18.0 Å². The third-order valence-electron chi connectivity index (χ3n) is 5.71. The summed E-state index contributed by atoms with van der Waals surface area (Å²) in [7, 11) is 0. The number of hydrogen-bond acceptors (Lipinski definition) is 2. The quantitative estimate of drug-likeness (QED) is 0.893. The van der Waals surface area contributed by atoms with Crippen LogP contribution in [0.4, 0.5) is 5.69 Å². The van der Waals surface area contributed by atoms with Gasteiger partial charge in [-0.05, 0) is 55.6 Å². The maximum atomic E-state index is 6.59. The van der Waals surface area contributed by atoms with Crippen LogP contribution in [0, 0.1) is 18.3 Å². The molecule has 3 rings (SSSR count). The molecule has 116 valence electrons. The predicted molar refractivity (Wildman–Crippen MR) is 90.8 cm³/mol. The van der Waals surface area contributed by atoms with Crippen LogP contribution in [-0.2, 0) is 6.42 Å². The Hall–Kier alpha value is -1.02. The highest BCUT2D eigenvalue weighted by molar-refractivity contribution is 5.56. The Morgan fingerprint density at radius 1 is 1.29 bits per heavy atom. The van der Waals surface area contributed by atoms with E-state index < -0.39 is 0 Å². The van der Waals surface area contributed by atoms with Crippen LogP contribution in [-0.4, -0.2) is 19.1 Å². The number of nitrogens with two attached hydrogens (primary N) is 1. The lowest BCUT2D eigenvalue weighted by Crippen LogP contribution is -2.50. The molecule has 2 nitrogen and oxygen atoms in total. The molecule has 1 fully saturated rings. The molecule has 0 bridgehead atoms. The van der Waals surface area contributed by atoms with E-state index in [0.29, 0.717) is 17.4 Å². The first-order valence-corrected chi connectivity index (χ1v) is 8.57. The number of fused-ring (bicyclic) bond motifs is 1. The van der Waals surface area contributed by atoms with Crippen molar-refractivity contribution < 1.29 is 0 Å². The van der Waals surface area contributed by atoms with Crippen LogP contribution in [0.3, 0.4) is 0 Å². The summed E-state index contributed by atoms with van der Waals surface area (Å²) >= 11 is 0. The van der Waals surface area contributed by atoms with Crippen LogP contribution < -0.4 is 10.6 Å². The fourth-order valence-corrected chi connectivity index (χ4v) is 4.29. The molecule has 1 heterocycles. The lowest BCUT2D eigenvalue weighted by Gasteiger charge is -2.44. The standard InChI is InChI=1S/C19H30N2/c1-14-8-9-17-15(12-14)7-5-11-21(17)13-16-6-4-10-19(2,3)18(16)20/h8-9,12,16,18H,4-7,10-11,13,20H2,1-3H3. The van der Waals surface area contributed by atoms with Gasteiger partial charge in [-0.25, -0.2) is 0 Å². The highest BCUT2D eigenvalue weighted by Crippen LogP contribution is 2.39. The van der Waals surface area contributed by atoms with Gasteiger partial charge in [0.2, 0.25) is 0 Å². The zero-order valence-electron chi connectivity index (χ0n) is 13.9. The number of hydrogen-bond donors (Lipinski definition) is 1. The molecule has 1 aliphatic carbocycles. The first-order chi connectivity index (χ1) is 9.97. The van der Waals surface area contributed by atoms with E-state index in [1.807, 2.05) is 0 Å². The summed E-state index contributed by atoms with van der Waals surface area (Å²) in [6.45, 7) is 9.22. The van der Waals surface area contributed by atoms with Crippen LogP contribution in [0.15, 0.2) is 18.2 Å². The van der Waals surface area contributed by atoms with Gasteiger partial charge in [0.05, 0.1) is 0 Å². The number of rotatable bonds is 2. The van der Waals surface area contributed by atoms with E-state index >= 15 is 0 Å². The normalized spacial score (nSPS) is 28.3. The molecule has 0 saturated heterocycles. The molecular weight excluding hydrogens is 256 g/mol. The highest BCUT2D eigenvalue weighted by Gasteiger charge is 2.37. The third kappa shape index (κ3) is 2.96. The summed E-state index contributed by atoms with van der Waals surface area (Å²) in [5.74, 6) is 0.640. The second kappa shape index (κ2) is 5.64. The lowest BCUT2D eigenvalue weighted by molar-refractivity contribution is 0.141. The molecule has 2 aliphatic rings. The number of aryl methyl sites for hydroxylation is 2. The van der Waals surface area contributed by atoms with Gasteiger partial charge in [-0.3, -0.25) is 0 Å². The molecule has 0 amide bonds. The molecule has 21 heavy (non-hydrogen) atoms. The Morgan fingerprint density at radius 3 is 2.90 bits per heavy atom. The van der Waals surface area contributed by atoms with E-state index in [0.717, 1.165) is 6.54 Å². The largest absolute Gasteiger partial charge is 0.371 e. The van der Waals surface area contributed by atoms with E-state index in [1.165, 1.54) is 55.5 Å². The molecule has 0 aromatic heterocycles. The van der Waals surface area contributed by atoms with Crippen LogP contribution in [0.25, 0.3) is 0 Å². The van der Waals surface area contributed by atoms with Gasteiger partial charge in [-0.15, -0.1) is 0 Å². The zero-order chi connectivity index (χ0) is 15.0. The SMILES string of the molecule is Cc1ccc2c(c1)CCCN2CC1CCCC(C)(C)C1N. The molecule has 1 aliphatic heterocycles. The van der Waals surface area contributed by atoms with Crippen molar-refractivity contribution >= 4 is 5.69 Å². The Balaban J connectivity index is 1.77. The van der Waals surface area contributed by atoms with Gasteiger partial charge in [0.15, 0.2) is 0 Å². The molecule has 2 heteroatoms. The molecular formula is C19H30N2. The Morgan fingerprint density at radius 2 is 2.10 bits per heavy atom. The lowest BCUT2D eigenvalue weighted by atomic mass is 9.68. The average Bonchev–Trinajstić information content (AvgIpc) is 2.44. The van der Waals surface area contributed by atoms with Gasteiger partial charge >= 0.3 is 0 Å². The summed E-state index contributed by atoms with van der Waals surface area (Å²) in [6, 6.07) is 7.28. The second-order valence-corrected chi connectivity index (χ2v) is 7.85. The summed E-state index contributed by atoms with van der Waals surface area (Å²) in [5, 5.41) is 0. The van der Waals surface area contributed by atoms with Crippen molar-refractivity contribution in [1.82, 2.24) is 0 Å². The van der Waals surface area contributed by atoms with Crippen molar-refractivity contribution in [3.63, 3.8) is 0 Å². The number of nitrogens with zero attached hydrogens (tertiary/aromatic N) is 1. The Labute approximate surface area is 129 Å². The first kappa shape index (κ1) is 14.9. The molecule has 2 unspecified atom stereocenters. The minimum Gasteiger partial charge on any atom is -0.371 e. The van der Waals surface area contributed by atoms with Crippen LogP contribution in [0.1, 0.15) is 50.7 Å². The van der Waals surface area contributed by atoms with Gasteiger partial charge in [0, 0.05) is 24.8 Å². The van der Waals surface area contributed by atoms with Crippen molar-refractivity contribution in [2.24, 2.45) is 17.1 Å². The van der Waals surface area contributed by atoms with E-state index in [2.05, 4.69) is 43.9 Å². The van der Waals surface area contributed by atoms with Gasteiger partial charge in [0.1, 0.15) is 0 Å². The molecule has 2 N–H and O–H groups in total. The van der Waals surface area contributed by atoms with Crippen molar-refractivity contribution in [3.05, 3.63) is 29.3 Å². The van der Waals surface area contributed by atoms with Gasteiger partial charge < -0.3 is 10.6 Å². The minimum atomic E-state index is 0.300. The van der Waals surface area contributed by atoms with E-state index in [1.54, 1.807) is 0 Å². The molecule has 0 radical (unpaired) electrons. The van der Waals surface area contributed by atoms with Crippen LogP contribution in [0.2, 0.25) is 0 Å². The van der Waals surface area contributed by atoms with Crippen molar-refractivity contribution in [3.8, 4) is 0 Å². The minimum absolute atomic E-state index is 0.300. The van der Waals surface area contributed by atoms with E-state index in [9.17, 15) is 0 Å². The smallest absolute Gasteiger partial charge is 0.0399 e. The molecule has 0 spiro atoms. The predicted octanol–water partition coefficient (Wildman–Crippen LogP) is 3.90. The van der Waals surface area contributed by atoms with Crippen LogP contribution in [0.5, 0.6) is 0 Å². The molecule has 1 saturated carbocycles. The average molecular weight is 286 g/mol. The number of benzene rings is 1. The maximum Gasteiger partial charge on any atom is 0.0399 e. The summed E-state index contributed by atoms with van der Waals surface area (Å²) < 4.78 is 0. The topological polar surface area (TPSA) is 29.3 Å². The maximum absolute atomic E-state index is 6.59. The van der Waals surface area contributed by atoms with Gasteiger partial charge in [-0.2, -0.15) is 0 Å². The van der Waals surface area contributed by atoms with E-state index in [4.69, 9.17) is 5.73 Å². The molecule has 1 aromatic carbocycles. The fraction of sp³-hybridized carbons (Fsp3) is 0.684. The summed E-state index contributed by atoms with van der Waals surface area (Å²) in [5.41, 5.74) is 11.3. The van der Waals surface area contributed by atoms with Gasteiger partial charge in [-0.1, -0.05) is 38.0 Å². The Kier molecular flexibility index (Phi) is 4.00. The van der Waals surface area contributed by atoms with Crippen molar-refractivity contribution in [2.45, 2.75) is 58.9 Å². The second-order valence-electron chi connectivity index (χ2n) is 7.85. The van der Waals surface area contributed by atoms with Crippen LogP contribution >= 0.6 is 0 Å². The van der Waals surface area contributed by atoms with Gasteiger partial charge in [0.25, 0.3) is 0 Å². The first-order valence-electron chi connectivity index (χ1n) is 8.57. The monoisotopic (exact) mass is 286 g/mol. The highest BCUT2D eigenvalue weighted by atomic mass is 15.1. The fourth-order valence-electron chi connectivity index (χ4n) is 4.29. The summed E-state index contributed by atoms with van der Waals surface area (Å²) in [4.78, 5) is 2.60. The van der Waals surface area contributed by atoms with E-state index in [-0.39, 0.29) is 0 Å². The Bertz CT molecular complexity index is 506. The molecule has 1 aromatic rings. The third-order valence-corrected chi connectivity index (χ3v) is 5.71. The molecule has 2 atom stereocenters. The number of anilines is 1.